The van der Waals surface area contributed by atoms with Gasteiger partial charge in [-0.3, -0.25) is 0 Å². The number of hydrogen-bond acceptors (Lipinski definition) is 3. The van der Waals surface area contributed by atoms with Crippen molar-refractivity contribution in [1.29, 1.82) is 0 Å². The second-order valence-corrected chi connectivity index (χ2v) is 6.84. The van der Waals surface area contributed by atoms with Crippen molar-refractivity contribution in [3.05, 3.63) is 88.5 Å². The molecule has 0 saturated heterocycles. The van der Waals surface area contributed by atoms with Gasteiger partial charge in [0.2, 0.25) is 0 Å². The van der Waals surface area contributed by atoms with Crippen molar-refractivity contribution in [1.82, 2.24) is 0 Å². The Hall–Kier alpha value is -3.11. The molecule has 0 bridgehead atoms. The number of nitrogens with zero attached hydrogens (tertiary/aromatic N) is 1. The van der Waals surface area contributed by atoms with E-state index in [1.807, 2.05) is 55.5 Å². The predicted molar refractivity (Wildman–Crippen MR) is 110 cm³/mol. The molecule has 4 aromatic rings. The van der Waals surface area contributed by atoms with E-state index < -0.39 is 5.82 Å². The Kier molecular flexibility index (Phi) is 4.88. The maximum atomic E-state index is 13.5. The summed E-state index contributed by atoms with van der Waals surface area (Å²) in [5.74, 6) is 0.972. The zero-order valence-electron chi connectivity index (χ0n) is 15.4. The minimum Gasteiger partial charge on any atom is -0.497 e. The molecule has 0 amide bonds. The van der Waals surface area contributed by atoms with Crippen molar-refractivity contribution < 1.29 is 13.5 Å². The van der Waals surface area contributed by atoms with Crippen molar-refractivity contribution in [2.45, 2.75) is 6.92 Å². The molecule has 0 aliphatic carbocycles. The first-order chi connectivity index (χ1) is 13.5. The second kappa shape index (κ2) is 7.49. The summed E-state index contributed by atoms with van der Waals surface area (Å²) in [5.41, 5.74) is 3.28. The fourth-order valence-corrected chi connectivity index (χ4v) is 3.14. The fraction of sp³-hybridized carbons (Fsp3) is 0.0870. The molecule has 4 rings (SSSR count). The first-order valence-corrected chi connectivity index (χ1v) is 9.10. The van der Waals surface area contributed by atoms with Crippen LogP contribution in [-0.2, 0) is 0 Å². The van der Waals surface area contributed by atoms with Crippen LogP contribution in [0.3, 0.4) is 0 Å². The minimum atomic E-state index is -0.469. The number of ether oxygens (including phenoxy) is 1. The number of aryl methyl sites for hydroxylation is 1. The van der Waals surface area contributed by atoms with Crippen LogP contribution in [0.2, 0.25) is 5.02 Å². The Bertz CT molecular complexity index is 1230. The Morgan fingerprint density at radius 1 is 0.964 bits per heavy atom. The largest absolute Gasteiger partial charge is 0.497 e. The van der Waals surface area contributed by atoms with Gasteiger partial charge in [-0.15, -0.1) is 0 Å². The topological polar surface area (TPSA) is 34.7 Å². The Labute approximate surface area is 166 Å². The van der Waals surface area contributed by atoms with Crippen LogP contribution in [0.1, 0.15) is 5.56 Å². The van der Waals surface area contributed by atoms with Crippen LogP contribution in [0.4, 0.5) is 10.1 Å². The van der Waals surface area contributed by atoms with Crippen LogP contribution in [0, 0.1) is 12.7 Å². The van der Waals surface area contributed by atoms with Gasteiger partial charge in [0, 0.05) is 17.0 Å². The number of rotatable bonds is 3. The van der Waals surface area contributed by atoms with Gasteiger partial charge in [-0.2, -0.15) is 0 Å². The zero-order valence-corrected chi connectivity index (χ0v) is 16.1. The van der Waals surface area contributed by atoms with E-state index in [1.165, 1.54) is 12.1 Å². The highest BCUT2D eigenvalue weighted by Crippen LogP contribution is 2.26. The molecule has 3 aromatic carbocycles. The molecule has 0 N–H and O–H groups in total. The summed E-state index contributed by atoms with van der Waals surface area (Å²) in [6.07, 6.45) is 0. The fourth-order valence-electron chi connectivity index (χ4n) is 2.97. The molecule has 0 atom stereocenters. The van der Waals surface area contributed by atoms with Crippen molar-refractivity contribution in [3.63, 3.8) is 0 Å². The van der Waals surface area contributed by atoms with Crippen molar-refractivity contribution in [2.24, 2.45) is 4.99 Å². The van der Waals surface area contributed by atoms with Crippen LogP contribution in [0.15, 0.2) is 76.1 Å². The molecule has 3 nitrogen and oxygen atoms in total. The molecule has 5 heteroatoms. The standard InChI is InChI=1S/C23H17ClFNO2/c1-14-3-10-22-18(11-14)21(26-16-6-9-20(25)19(24)12-16)13-23(28-22)15-4-7-17(27-2)8-5-15/h3-13H,1-2H3. The third-order valence-corrected chi connectivity index (χ3v) is 4.72. The normalized spacial score (nSPS) is 11.8. The van der Waals surface area contributed by atoms with Crippen LogP contribution in [0.25, 0.3) is 22.3 Å². The van der Waals surface area contributed by atoms with E-state index >= 15 is 0 Å². The van der Waals surface area contributed by atoms with Crippen molar-refractivity contribution in [2.75, 3.05) is 7.11 Å². The van der Waals surface area contributed by atoms with E-state index in [1.54, 1.807) is 13.2 Å². The summed E-state index contributed by atoms with van der Waals surface area (Å²) in [6.45, 7) is 2.01. The maximum absolute atomic E-state index is 13.5. The second-order valence-electron chi connectivity index (χ2n) is 6.43. The molecular weight excluding hydrogens is 377 g/mol. The first-order valence-electron chi connectivity index (χ1n) is 8.72. The van der Waals surface area contributed by atoms with Crippen LogP contribution < -0.4 is 10.1 Å². The lowest BCUT2D eigenvalue weighted by Gasteiger charge is -2.07. The summed E-state index contributed by atoms with van der Waals surface area (Å²) in [5, 5.41) is 1.63. The van der Waals surface area contributed by atoms with Crippen LogP contribution in [0.5, 0.6) is 5.75 Å². The molecule has 0 spiro atoms. The van der Waals surface area contributed by atoms with E-state index in [0.717, 1.165) is 27.6 Å². The highest BCUT2D eigenvalue weighted by molar-refractivity contribution is 6.31. The average Bonchev–Trinajstić information content (AvgIpc) is 2.71. The van der Waals surface area contributed by atoms with Gasteiger partial charge in [0.1, 0.15) is 22.9 Å². The van der Waals surface area contributed by atoms with Crippen molar-refractivity contribution in [3.8, 4) is 17.1 Å². The SMILES string of the molecule is COc1ccc(-c2cc(=Nc3ccc(F)c(Cl)c3)c3cc(C)ccc3o2)cc1. The summed E-state index contributed by atoms with van der Waals surface area (Å²) in [4.78, 5) is 4.70. The molecule has 0 radical (unpaired) electrons. The number of methoxy groups -OCH3 is 1. The van der Waals surface area contributed by atoms with Crippen LogP contribution in [-0.4, -0.2) is 7.11 Å². The summed E-state index contributed by atoms with van der Waals surface area (Å²) in [7, 11) is 1.63. The minimum absolute atomic E-state index is 0.0396. The third-order valence-electron chi connectivity index (χ3n) is 4.43. The Morgan fingerprint density at radius 2 is 1.75 bits per heavy atom. The highest BCUT2D eigenvalue weighted by atomic mass is 35.5. The van der Waals surface area contributed by atoms with Gasteiger partial charge in [-0.05, 0) is 61.5 Å². The number of halogens is 2. The molecule has 28 heavy (non-hydrogen) atoms. The smallest absolute Gasteiger partial charge is 0.141 e. The van der Waals surface area contributed by atoms with Crippen molar-refractivity contribution >= 4 is 28.3 Å². The lowest BCUT2D eigenvalue weighted by Crippen LogP contribution is -2.03. The monoisotopic (exact) mass is 393 g/mol. The van der Waals surface area contributed by atoms with Gasteiger partial charge >= 0.3 is 0 Å². The lowest BCUT2D eigenvalue weighted by molar-refractivity contribution is 0.415. The van der Waals surface area contributed by atoms with Gasteiger partial charge in [0.25, 0.3) is 0 Å². The number of hydrogen-bond donors (Lipinski definition) is 0. The highest BCUT2D eigenvalue weighted by Gasteiger charge is 2.08. The van der Waals surface area contributed by atoms with E-state index in [0.29, 0.717) is 17.0 Å². The predicted octanol–water partition coefficient (Wildman–Crippen LogP) is 6.44. The average molecular weight is 394 g/mol. The lowest BCUT2D eigenvalue weighted by atomic mass is 10.1. The summed E-state index contributed by atoms with van der Waals surface area (Å²) in [6, 6.07) is 19.8. The molecular formula is C23H17ClFNO2. The quantitative estimate of drug-likeness (QED) is 0.401. The molecule has 0 aliphatic rings. The zero-order chi connectivity index (χ0) is 19.7. The third kappa shape index (κ3) is 3.64. The van der Waals surface area contributed by atoms with Gasteiger partial charge in [0.05, 0.1) is 23.2 Å². The van der Waals surface area contributed by atoms with E-state index in [4.69, 9.17) is 25.7 Å². The summed E-state index contributed by atoms with van der Waals surface area (Å²) < 4.78 is 24.8. The maximum Gasteiger partial charge on any atom is 0.141 e. The van der Waals surface area contributed by atoms with E-state index in [2.05, 4.69) is 0 Å². The molecule has 1 aromatic heterocycles. The Balaban J connectivity index is 1.95. The molecule has 0 unspecified atom stereocenters. The molecule has 0 aliphatic heterocycles. The van der Waals surface area contributed by atoms with Gasteiger partial charge < -0.3 is 9.15 Å². The molecule has 1 heterocycles. The first kappa shape index (κ1) is 18.3. The summed E-state index contributed by atoms with van der Waals surface area (Å²) >= 11 is 5.91. The van der Waals surface area contributed by atoms with Gasteiger partial charge in [-0.25, -0.2) is 9.38 Å². The van der Waals surface area contributed by atoms with Crippen LogP contribution >= 0.6 is 11.6 Å². The van der Waals surface area contributed by atoms with Gasteiger partial charge in [0.15, 0.2) is 0 Å². The Morgan fingerprint density at radius 3 is 2.46 bits per heavy atom. The van der Waals surface area contributed by atoms with Gasteiger partial charge in [-0.1, -0.05) is 23.2 Å². The molecule has 0 saturated carbocycles. The molecule has 140 valence electrons. The van der Waals surface area contributed by atoms with E-state index in [9.17, 15) is 4.39 Å². The number of fused-ring (bicyclic) bond motifs is 1. The van der Waals surface area contributed by atoms with E-state index in [-0.39, 0.29) is 5.02 Å². The molecule has 0 fully saturated rings. The number of benzene rings is 3.